The number of hydrogen-bond acceptors (Lipinski definition) is 3. The van der Waals surface area contributed by atoms with Crippen molar-refractivity contribution in [2.75, 3.05) is 5.32 Å². The first-order valence-electron chi connectivity index (χ1n) is 9.36. The average molecular weight is 392 g/mol. The maximum atomic E-state index is 12.5. The number of thioether (sulfide) groups is 1. The Morgan fingerprint density at radius 1 is 0.929 bits per heavy atom. The van der Waals surface area contributed by atoms with Crippen LogP contribution < -0.4 is 10.1 Å². The molecule has 0 spiro atoms. The van der Waals surface area contributed by atoms with Gasteiger partial charge in [0.1, 0.15) is 5.75 Å². The summed E-state index contributed by atoms with van der Waals surface area (Å²) < 4.78 is 5.62. The molecule has 0 aromatic heterocycles. The summed E-state index contributed by atoms with van der Waals surface area (Å²) in [6.45, 7) is 6.06. The molecule has 1 amide bonds. The number of anilines is 1. The minimum atomic E-state index is -0.115. The zero-order valence-electron chi connectivity index (χ0n) is 16.4. The van der Waals surface area contributed by atoms with E-state index in [2.05, 4.69) is 36.5 Å². The Labute approximate surface area is 171 Å². The highest BCUT2D eigenvalue weighted by atomic mass is 32.2. The van der Waals surface area contributed by atoms with E-state index in [0.29, 0.717) is 5.56 Å². The van der Waals surface area contributed by atoms with E-state index in [1.165, 1.54) is 16.0 Å². The van der Waals surface area contributed by atoms with Crippen molar-refractivity contribution in [1.29, 1.82) is 0 Å². The number of hydrogen-bond donors (Lipinski definition) is 1. The number of aryl methyl sites for hydroxylation is 1. The van der Waals surface area contributed by atoms with Crippen LogP contribution in [-0.4, -0.2) is 12.0 Å². The van der Waals surface area contributed by atoms with Gasteiger partial charge in [0.15, 0.2) is 0 Å². The third-order valence-electron chi connectivity index (χ3n) is 4.13. The zero-order valence-corrected chi connectivity index (χ0v) is 17.3. The van der Waals surface area contributed by atoms with Crippen molar-refractivity contribution in [1.82, 2.24) is 0 Å². The number of nitrogens with one attached hydrogen (secondary N) is 1. The summed E-state index contributed by atoms with van der Waals surface area (Å²) in [5.41, 5.74) is 3.85. The van der Waals surface area contributed by atoms with Crippen LogP contribution in [0, 0.1) is 6.92 Å². The van der Waals surface area contributed by atoms with Gasteiger partial charge < -0.3 is 10.1 Å². The van der Waals surface area contributed by atoms with E-state index < -0.39 is 0 Å². The molecule has 4 heteroatoms. The van der Waals surface area contributed by atoms with E-state index >= 15 is 0 Å². The molecule has 0 unspecified atom stereocenters. The summed E-state index contributed by atoms with van der Waals surface area (Å²) in [6.07, 6.45) is 0.128. The molecule has 0 aliphatic rings. The van der Waals surface area contributed by atoms with Crippen molar-refractivity contribution in [3.8, 4) is 5.75 Å². The topological polar surface area (TPSA) is 38.3 Å². The van der Waals surface area contributed by atoms with Gasteiger partial charge in [-0.25, -0.2) is 0 Å². The molecule has 0 aliphatic heterocycles. The fraction of sp³-hybridized carbons (Fsp3) is 0.208. The summed E-state index contributed by atoms with van der Waals surface area (Å²) in [5.74, 6) is 1.56. The van der Waals surface area contributed by atoms with Gasteiger partial charge in [-0.15, -0.1) is 11.8 Å². The molecule has 0 bridgehead atoms. The summed E-state index contributed by atoms with van der Waals surface area (Å²) in [5, 5.41) is 2.92. The van der Waals surface area contributed by atoms with Crippen LogP contribution in [-0.2, 0) is 5.75 Å². The Balaban J connectivity index is 1.55. The Morgan fingerprint density at radius 2 is 1.57 bits per heavy atom. The number of carbonyl (C=O) groups is 1. The molecule has 28 heavy (non-hydrogen) atoms. The Bertz CT molecular complexity index is 901. The fourth-order valence-corrected chi connectivity index (χ4v) is 3.50. The highest BCUT2D eigenvalue weighted by Crippen LogP contribution is 2.23. The molecular formula is C24H25NO2S. The first kappa shape index (κ1) is 20.0. The van der Waals surface area contributed by atoms with Gasteiger partial charge in [-0.05, 0) is 74.9 Å². The van der Waals surface area contributed by atoms with Crippen LogP contribution in [0.4, 0.5) is 5.69 Å². The van der Waals surface area contributed by atoms with Crippen molar-refractivity contribution in [2.45, 2.75) is 37.5 Å². The van der Waals surface area contributed by atoms with Gasteiger partial charge in [-0.3, -0.25) is 4.79 Å². The van der Waals surface area contributed by atoms with Crippen LogP contribution in [0.2, 0.25) is 0 Å². The first-order chi connectivity index (χ1) is 13.5. The molecule has 0 atom stereocenters. The van der Waals surface area contributed by atoms with Crippen molar-refractivity contribution in [3.05, 3.63) is 89.5 Å². The van der Waals surface area contributed by atoms with E-state index in [9.17, 15) is 4.79 Å². The van der Waals surface area contributed by atoms with Crippen LogP contribution in [0.5, 0.6) is 5.75 Å². The molecule has 3 nitrogen and oxygen atoms in total. The van der Waals surface area contributed by atoms with Gasteiger partial charge in [-0.2, -0.15) is 0 Å². The molecule has 0 saturated heterocycles. The summed E-state index contributed by atoms with van der Waals surface area (Å²) in [7, 11) is 0. The Morgan fingerprint density at radius 3 is 2.18 bits per heavy atom. The predicted octanol–water partition coefficient (Wildman–Crippen LogP) is 6.33. The molecule has 0 aliphatic carbocycles. The highest BCUT2D eigenvalue weighted by Gasteiger charge is 2.07. The molecule has 144 valence electrons. The van der Waals surface area contributed by atoms with Gasteiger partial charge in [0.05, 0.1) is 6.10 Å². The van der Waals surface area contributed by atoms with Crippen molar-refractivity contribution < 1.29 is 9.53 Å². The molecule has 0 radical (unpaired) electrons. The normalized spacial score (nSPS) is 10.7. The monoisotopic (exact) mass is 391 g/mol. The van der Waals surface area contributed by atoms with E-state index in [0.717, 1.165) is 17.2 Å². The van der Waals surface area contributed by atoms with Crippen molar-refractivity contribution in [3.63, 3.8) is 0 Å². The summed E-state index contributed by atoms with van der Waals surface area (Å²) >= 11 is 1.79. The van der Waals surface area contributed by atoms with E-state index in [-0.39, 0.29) is 12.0 Å². The van der Waals surface area contributed by atoms with Crippen LogP contribution in [0.15, 0.2) is 77.7 Å². The molecule has 1 N–H and O–H groups in total. The number of amides is 1. The zero-order chi connectivity index (χ0) is 19.9. The number of ether oxygens (including phenoxy) is 1. The first-order valence-corrected chi connectivity index (χ1v) is 10.3. The largest absolute Gasteiger partial charge is 0.491 e. The lowest BCUT2D eigenvalue weighted by Crippen LogP contribution is -2.12. The fourth-order valence-electron chi connectivity index (χ4n) is 2.65. The quantitative estimate of drug-likeness (QED) is 0.479. The third kappa shape index (κ3) is 5.89. The summed E-state index contributed by atoms with van der Waals surface area (Å²) in [4.78, 5) is 13.7. The van der Waals surface area contributed by atoms with Crippen LogP contribution >= 0.6 is 11.8 Å². The SMILES string of the molecule is Cc1ccc(SCc2ccc(C(=O)Nc3ccc(OC(C)C)cc3)cc2)cc1. The van der Waals surface area contributed by atoms with Crippen LogP contribution in [0.1, 0.15) is 35.3 Å². The maximum absolute atomic E-state index is 12.5. The smallest absolute Gasteiger partial charge is 0.255 e. The predicted molar refractivity (Wildman–Crippen MR) is 117 cm³/mol. The van der Waals surface area contributed by atoms with E-state index in [1.54, 1.807) is 11.8 Å². The Kier molecular flexibility index (Phi) is 6.77. The lowest BCUT2D eigenvalue weighted by molar-refractivity contribution is 0.102. The maximum Gasteiger partial charge on any atom is 0.255 e. The minimum absolute atomic E-state index is 0.115. The van der Waals surface area contributed by atoms with E-state index in [1.807, 2.05) is 62.4 Å². The van der Waals surface area contributed by atoms with Crippen LogP contribution in [0.3, 0.4) is 0 Å². The number of carbonyl (C=O) groups excluding carboxylic acids is 1. The lowest BCUT2D eigenvalue weighted by Gasteiger charge is -2.11. The summed E-state index contributed by atoms with van der Waals surface area (Å²) in [6, 6.07) is 23.7. The van der Waals surface area contributed by atoms with E-state index in [4.69, 9.17) is 4.74 Å². The molecular weight excluding hydrogens is 366 g/mol. The second-order valence-electron chi connectivity index (χ2n) is 6.94. The number of rotatable bonds is 7. The second-order valence-corrected chi connectivity index (χ2v) is 7.99. The van der Waals surface area contributed by atoms with Gasteiger partial charge in [0.2, 0.25) is 0 Å². The van der Waals surface area contributed by atoms with Gasteiger partial charge in [0, 0.05) is 21.9 Å². The molecule has 0 fully saturated rings. The molecule has 0 heterocycles. The minimum Gasteiger partial charge on any atom is -0.491 e. The van der Waals surface area contributed by atoms with Crippen molar-refractivity contribution in [2.24, 2.45) is 0 Å². The van der Waals surface area contributed by atoms with Crippen molar-refractivity contribution >= 4 is 23.4 Å². The second kappa shape index (κ2) is 9.47. The standard InChI is InChI=1S/C24H25NO2S/c1-17(2)27-22-12-10-21(11-13-22)25-24(26)20-8-6-19(7-9-20)16-28-23-14-4-18(3)5-15-23/h4-15,17H,16H2,1-3H3,(H,25,26). The lowest BCUT2D eigenvalue weighted by atomic mass is 10.1. The number of benzene rings is 3. The van der Waals surface area contributed by atoms with Crippen LogP contribution in [0.25, 0.3) is 0 Å². The van der Waals surface area contributed by atoms with Gasteiger partial charge in [-0.1, -0.05) is 29.8 Å². The van der Waals surface area contributed by atoms with Gasteiger partial charge in [0.25, 0.3) is 5.91 Å². The highest BCUT2D eigenvalue weighted by molar-refractivity contribution is 7.98. The Hall–Kier alpha value is -2.72. The molecule has 3 rings (SSSR count). The van der Waals surface area contributed by atoms with Gasteiger partial charge >= 0.3 is 0 Å². The molecule has 0 saturated carbocycles. The third-order valence-corrected chi connectivity index (χ3v) is 5.21. The molecule has 3 aromatic rings. The average Bonchev–Trinajstić information content (AvgIpc) is 2.69. The molecule has 3 aromatic carbocycles.